The molecule has 0 atom stereocenters. The Labute approximate surface area is 90.7 Å². The summed E-state index contributed by atoms with van der Waals surface area (Å²) >= 11 is 0. The Morgan fingerprint density at radius 3 is 2.73 bits per heavy atom. The first-order valence-electron chi connectivity index (χ1n) is 4.90. The van der Waals surface area contributed by atoms with Gasteiger partial charge in [0, 0.05) is 12.5 Å². The van der Waals surface area contributed by atoms with Gasteiger partial charge in [0.15, 0.2) is 0 Å². The molecule has 0 aliphatic carbocycles. The third-order valence-electron chi connectivity index (χ3n) is 2.03. The fourth-order valence-corrected chi connectivity index (χ4v) is 1.26. The van der Waals surface area contributed by atoms with Gasteiger partial charge in [-0.25, -0.2) is 0 Å². The summed E-state index contributed by atoms with van der Waals surface area (Å²) in [5.74, 6) is 5.89. The van der Waals surface area contributed by atoms with E-state index in [1.54, 1.807) is 0 Å². The zero-order chi connectivity index (χ0) is 11.3. The molecule has 0 saturated carbocycles. The summed E-state index contributed by atoms with van der Waals surface area (Å²) in [5.41, 5.74) is 3.43. The van der Waals surface area contributed by atoms with E-state index < -0.39 is 0 Å². The molecule has 2 nitrogen and oxygen atoms in total. The molecule has 0 bridgehead atoms. The Morgan fingerprint density at radius 2 is 2.13 bits per heavy atom. The van der Waals surface area contributed by atoms with Crippen molar-refractivity contribution < 1.29 is 4.79 Å². The number of benzene rings is 1. The number of aryl methyl sites for hydroxylation is 2. The van der Waals surface area contributed by atoms with Gasteiger partial charge in [-0.1, -0.05) is 29.5 Å². The minimum atomic E-state index is -0.0510. The van der Waals surface area contributed by atoms with Crippen molar-refractivity contribution in [1.82, 2.24) is 5.32 Å². The second-order valence-electron chi connectivity index (χ2n) is 3.53. The van der Waals surface area contributed by atoms with E-state index in [9.17, 15) is 4.79 Å². The molecule has 0 saturated heterocycles. The molecule has 0 fully saturated rings. The van der Waals surface area contributed by atoms with E-state index in [1.165, 1.54) is 18.1 Å². The molecule has 1 aromatic rings. The van der Waals surface area contributed by atoms with Crippen molar-refractivity contribution >= 4 is 5.91 Å². The summed E-state index contributed by atoms with van der Waals surface area (Å²) in [6.07, 6.45) is 0. The van der Waals surface area contributed by atoms with Crippen LogP contribution < -0.4 is 5.32 Å². The number of hydrogen-bond acceptors (Lipinski definition) is 1. The van der Waals surface area contributed by atoms with E-state index in [4.69, 9.17) is 0 Å². The highest BCUT2D eigenvalue weighted by Crippen LogP contribution is 2.08. The van der Waals surface area contributed by atoms with E-state index >= 15 is 0 Å². The highest BCUT2D eigenvalue weighted by molar-refractivity contribution is 5.73. The molecule has 0 aliphatic heterocycles. The van der Waals surface area contributed by atoms with Gasteiger partial charge in [0.05, 0.1) is 6.54 Å². The summed E-state index contributed by atoms with van der Waals surface area (Å²) < 4.78 is 0. The maximum atomic E-state index is 10.6. The van der Waals surface area contributed by atoms with Gasteiger partial charge in [0.1, 0.15) is 0 Å². The zero-order valence-corrected chi connectivity index (χ0v) is 9.35. The number of carbonyl (C=O) groups is 1. The molecule has 1 N–H and O–H groups in total. The Balaban J connectivity index is 2.67. The summed E-state index contributed by atoms with van der Waals surface area (Å²) in [6.45, 7) is 5.98. The smallest absolute Gasteiger partial charge is 0.217 e. The fourth-order valence-electron chi connectivity index (χ4n) is 1.26. The first kappa shape index (κ1) is 11.3. The number of hydrogen-bond donors (Lipinski definition) is 1. The minimum absolute atomic E-state index is 0.0510. The van der Waals surface area contributed by atoms with Crippen LogP contribution in [-0.4, -0.2) is 12.5 Å². The molecule has 15 heavy (non-hydrogen) atoms. The maximum Gasteiger partial charge on any atom is 0.217 e. The van der Waals surface area contributed by atoms with Crippen molar-refractivity contribution in [2.24, 2.45) is 0 Å². The molecule has 0 spiro atoms. The van der Waals surface area contributed by atoms with Gasteiger partial charge in [-0.05, 0) is 25.5 Å². The first-order chi connectivity index (χ1) is 7.09. The van der Waals surface area contributed by atoms with Crippen LogP contribution in [0.5, 0.6) is 0 Å². The molecular formula is C13H15NO. The second-order valence-corrected chi connectivity index (χ2v) is 3.53. The molecule has 0 unspecified atom stereocenters. The van der Waals surface area contributed by atoms with Crippen LogP contribution in [0.3, 0.4) is 0 Å². The highest BCUT2D eigenvalue weighted by atomic mass is 16.1. The van der Waals surface area contributed by atoms with Gasteiger partial charge >= 0.3 is 0 Å². The van der Waals surface area contributed by atoms with Gasteiger partial charge in [-0.3, -0.25) is 4.79 Å². The van der Waals surface area contributed by atoms with Crippen LogP contribution >= 0.6 is 0 Å². The molecule has 2 heteroatoms. The monoisotopic (exact) mass is 201 g/mol. The Kier molecular flexibility index (Phi) is 3.93. The lowest BCUT2D eigenvalue weighted by atomic mass is 10.1. The van der Waals surface area contributed by atoms with E-state index in [0.29, 0.717) is 6.54 Å². The number of amides is 1. The number of rotatable bonds is 1. The molecule has 0 radical (unpaired) electrons. The summed E-state index contributed by atoms with van der Waals surface area (Å²) in [4.78, 5) is 10.6. The van der Waals surface area contributed by atoms with Gasteiger partial charge in [0.2, 0.25) is 5.91 Å². The highest BCUT2D eigenvalue weighted by Gasteiger charge is 1.93. The van der Waals surface area contributed by atoms with Gasteiger partial charge in [-0.15, -0.1) is 0 Å². The Hall–Kier alpha value is -1.75. The van der Waals surface area contributed by atoms with Crippen LogP contribution in [0.2, 0.25) is 0 Å². The first-order valence-corrected chi connectivity index (χ1v) is 4.90. The van der Waals surface area contributed by atoms with E-state index in [2.05, 4.69) is 30.1 Å². The number of nitrogens with one attached hydrogen (secondary N) is 1. The maximum absolute atomic E-state index is 10.6. The lowest BCUT2D eigenvalue weighted by Crippen LogP contribution is -2.19. The van der Waals surface area contributed by atoms with Crippen LogP contribution in [0.4, 0.5) is 0 Å². The molecule has 1 amide bonds. The van der Waals surface area contributed by atoms with E-state index in [-0.39, 0.29) is 5.91 Å². The molecule has 1 rings (SSSR count). The van der Waals surface area contributed by atoms with E-state index in [1.807, 2.05) is 19.1 Å². The standard InChI is InChI=1S/C13H15NO/c1-10-6-7-13(11(2)9-10)5-4-8-14-12(3)15/h6-7,9H,8H2,1-3H3,(H,14,15). The van der Waals surface area contributed by atoms with Crippen LogP contribution in [0.25, 0.3) is 0 Å². The van der Waals surface area contributed by atoms with E-state index in [0.717, 1.165) is 5.56 Å². The average Bonchev–Trinajstić information content (AvgIpc) is 2.14. The zero-order valence-electron chi connectivity index (χ0n) is 9.35. The quantitative estimate of drug-likeness (QED) is 0.690. The average molecular weight is 201 g/mol. The minimum Gasteiger partial charge on any atom is -0.345 e. The topological polar surface area (TPSA) is 29.1 Å². The summed E-state index contributed by atoms with van der Waals surface area (Å²) in [6, 6.07) is 6.14. The van der Waals surface area contributed by atoms with Crippen molar-refractivity contribution in [3.63, 3.8) is 0 Å². The van der Waals surface area contributed by atoms with Gasteiger partial charge in [-0.2, -0.15) is 0 Å². The third kappa shape index (κ3) is 3.86. The predicted octanol–water partition coefficient (Wildman–Crippen LogP) is 1.79. The molecule has 0 aliphatic rings. The van der Waals surface area contributed by atoms with Gasteiger partial charge < -0.3 is 5.32 Å². The lowest BCUT2D eigenvalue weighted by Gasteiger charge is -1.99. The normalized spacial score (nSPS) is 9.00. The fraction of sp³-hybridized carbons (Fsp3) is 0.308. The molecule has 1 aromatic carbocycles. The second kappa shape index (κ2) is 5.21. The molecular weight excluding hydrogens is 186 g/mol. The predicted molar refractivity (Wildman–Crippen MR) is 61.5 cm³/mol. The van der Waals surface area contributed by atoms with Crippen LogP contribution in [0, 0.1) is 25.7 Å². The van der Waals surface area contributed by atoms with Crippen molar-refractivity contribution in [3.05, 3.63) is 34.9 Å². The van der Waals surface area contributed by atoms with Crippen molar-refractivity contribution in [2.75, 3.05) is 6.54 Å². The van der Waals surface area contributed by atoms with Crippen molar-refractivity contribution in [2.45, 2.75) is 20.8 Å². The van der Waals surface area contributed by atoms with Crippen molar-refractivity contribution in [1.29, 1.82) is 0 Å². The molecule has 0 aromatic heterocycles. The van der Waals surface area contributed by atoms with Crippen molar-refractivity contribution in [3.8, 4) is 11.8 Å². The third-order valence-corrected chi connectivity index (χ3v) is 2.03. The Bertz CT molecular complexity index is 424. The summed E-state index contributed by atoms with van der Waals surface area (Å²) in [5, 5.41) is 2.63. The Morgan fingerprint density at radius 1 is 1.40 bits per heavy atom. The number of carbonyl (C=O) groups excluding carboxylic acids is 1. The molecule has 78 valence electrons. The largest absolute Gasteiger partial charge is 0.345 e. The van der Waals surface area contributed by atoms with Gasteiger partial charge in [0.25, 0.3) is 0 Å². The molecule has 0 heterocycles. The lowest BCUT2D eigenvalue weighted by molar-refractivity contribution is -0.118. The van der Waals surface area contributed by atoms with Crippen LogP contribution in [0.1, 0.15) is 23.6 Å². The summed E-state index contributed by atoms with van der Waals surface area (Å²) in [7, 11) is 0. The SMILES string of the molecule is CC(=O)NCC#Cc1ccc(C)cc1C. The van der Waals surface area contributed by atoms with Crippen LogP contribution in [-0.2, 0) is 4.79 Å². The van der Waals surface area contributed by atoms with Crippen LogP contribution in [0.15, 0.2) is 18.2 Å².